The third kappa shape index (κ3) is 3.17. The summed E-state index contributed by atoms with van der Waals surface area (Å²) in [5, 5.41) is 2.70. The predicted molar refractivity (Wildman–Crippen MR) is 86.2 cm³/mol. The average Bonchev–Trinajstić information content (AvgIpc) is 2.89. The molecule has 6 heteroatoms. The zero-order chi connectivity index (χ0) is 15.5. The summed E-state index contributed by atoms with van der Waals surface area (Å²) in [6.07, 6.45) is 0.554. The summed E-state index contributed by atoms with van der Waals surface area (Å²) in [6, 6.07) is 12.1. The van der Waals surface area contributed by atoms with Gasteiger partial charge in [0.15, 0.2) is 0 Å². The Kier molecular flexibility index (Phi) is 4.20. The van der Waals surface area contributed by atoms with Gasteiger partial charge in [-0.05, 0) is 30.3 Å². The first-order chi connectivity index (χ1) is 10.6. The number of H-pyrrole nitrogens is 1. The van der Waals surface area contributed by atoms with Crippen LogP contribution in [-0.4, -0.2) is 22.4 Å². The molecule has 2 aromatic carbocycles. The van der Waals surface area contributed by atoms with E-state index in [-0.39, 0.29) is 5.56 Å². The lowest BCUT2D eigenvalue weighted by molar-refractivity contribution is 0.0950. The fourth-order valence-corrected chi connectivity index (χ4v) is 2.52. The molecule has 0 saturated carbocycles. The molecule has 3 aromatic rings. The maximum absolute atomic E-state index is 13.7. The number of para-hydroxylation sites is 2. The number of benzene rings is 2. The van der Waals surface area contributed by atoms with Gasteiger partial charge in [0.05, 0.1) is 16.6 Å². The van der Waals surface area contributed by atoms with Gasteiger partial charge in [-0.1, -0.05) is 28.1 Å². The number of nitrogens with zero attached hydrogens (tertiary/aromatic N) is 1. The molecule has 22 heavy (non-hydrogen) atoms. The number of halogens is 2. The lowest BCUT2D eigenvalue weighted by Gasteiger charge is -2.05. The van der Waals surface area contributed by atoms with Crippen LogP contribution < -0.4 is 5.32 Å². The lowest BCUT2D eigenvalue weighted by atomic mass is 10.2. The van der Waals surface area contributed by atoms with E-state index in [1.807, 2.05) is 24.3 Å². The minimum Gasteiger partial charge on any atom is -0.351 e. The van der Waals surface area contributed by atoms with Crippen LogP contribution in [0.5, 0.6) is 0 Å². The van der Waals surface area contributed by atoms with Gasteiger partial charge in [0.25, 0.3) is 5.91 Å². The van der Waals surface area contributed by atoms with E-state index >= 15 is 0 Å². The maximum Gasteiger partial charge on any atom is 0.254 e. The normalized spacial score (nSPS) is 10.8. The summed E-state index contributed by atoms with van der Waals surface area (Å²) in [5.41, 5.74) is 1.89. The predicted octanol–water partition coefficient (Wildman–Crippen LogP) is 3.44. The molecule has 0 atom stereocenters. The van der Waals surface area contributed by atoms with Crippen LogP contribution in [0, 0.1) is 5.82 Å². The smallest absolute Gasteiger partial charge is 0.254 e. The zero-order valence-electron chi connectivity index (χ0n) is 11.6. The van der Waals surface area contributed by atoms with Crippen molar-refractivity contribution in [2.45, 2.75) is 6.42 Å². The molecular weight excluding hydrogens is 349 g/mol. The number of aromatic amines is 1. The molecule has 0 spiro atoms. The van der Waals surface area contributed by atoms with Crippen molar-refractivity contribution in [2.75, 3.05) is 6.54 Å². The third-order valence-corrected chi connectivity index (χ3v) is 3.75. The molecule has 0 saturated heterocycles. The van der Waals surface area contributed by atoms with Crippen LogP contribution in [0.3, 0.4) is 0 Å². The number of imidazole rings is 1. The molecule has 3 rings (SSSR count). The Balaban J connectivity index is 1.61. The number of amides is 1. The van der Waals surface area contributed by atoms with Crippen molar-refractivity contribution in [3.05, 3.63) is 64.1 Å². The van der Waals surface area contributed by atoms with Gasteiger partial charge in [-0.15, -0.1) is 0 Å². The Morgan fingerprint density at radius 3 is 2.86 bits per heavy atom. The van der Waals surface area contributed by atoms with Crippen LogP contribution in [-0.2, 0) is 6.42 Å². The quantitative estimate of drug-likeness (QED) is 0.747. The van der Waals surface area contributed by atoms with E-state index in [9.17, 15) is 9.18 Å². The van der Waals surface area contributed by atoms with Crippen LogP contribution in [0.15, 0.2) is 46.9 Å². The molecular formula is C16H13BrFN3O. The first-order valence-corrected chi connectivity index (χ1v) is 7.59. The number of aromatic nitrogens is 2. The van der Waals surface area contributed by atoms with Crippen molar-refractivity contribution in [1.82, 2.24) is 15.3 Å². The van der Waals surface area contributed by atoms with Crippen LogP contribution in [0.25, 0.3) is 11.0 Å². The summed E-state index contributed by atoms with van der Waals surface area (Å²) in [6.45, 7) is 0.383. The molecule has 112 valence electrons. The number of fused-ring (bicyclic) bond motifs is 1. The Labute approximate surface area is 134 Å². The largest absolute Gasteiger partial charge is 0.351 e. The van der Waals surface area contributed by atoms with Gasteiger partial charge in [-0.3, -0.25) is 4.79 Å². The molecule has 0 unspecified atom stereocenters. The Bertz CT molecular complexity index is 798. The highest BCUT2D eigenvalue weighted by atomic mass is 79.9. The van der Waals surface area contributed by atoms with E-state index in [1.54, 1.807) is 6.07 Å². The van der Waals surface area contributed by atoms with Gasteiger partial charge in [-0.2, -0.15) is 0 Å². The third-order valence-electron chi connectivity index (χ3n) is 3.26. The van der Waals surface area contributed by atoms with Gasteiger partial charge in [0, 0.05) is 17.4 Å². The second kappa shape index (κ2) is 6.27. The van der Waals surface area contributed by atoms with E-state index in [0.717, 1.165) is 16.9 Å². The van der Waals surface area contributed by atoms with Gasteiger partial charge < -0.3 is 10.3 Å². The van der Waals surface area contributed by atoms with Crippen molar-refractivity contribution in [1.29, 1.82) is 0 Å². The van der Waals surface area contributed by atoms with Crippen molar-refractivity contribution >= 4 is 32.9 Å². The van der Waals surface area contributed by atoms with Gasteiger partial charge in [0.1, 0.15) is 11.6 Å². The van der Waals surface area contributed by atoms with Crippen LogP contribution in [0.1, 0.15) is 16.2 Å². The summed E-state index contributed by atoms with van der Waals surface area (Å²) >= 11 is 3.16. The van der Waals surface area contributed by atoms with Gasteiger partial charge in [-0.25, -0.2) is 9.37 Å². The van der Waals surface area contributed by atoms with Crippen LogP contribution in [0.2, 0.25) is 0 Å². The molecule has 0 radical (unpaired) electrons. The Morgan fingerprint density at radius 1 is 1.27 bits per heavy atom. The number of nitrogens with one attached hydrogen (secondary N) is 2. The fraction of sp³-hybridized carbons (Fsp3) is 0.125. The van der Waals surface area contributed by atoms with E-state index in [0.29, 0.717) is 17.4 Å². The number of hydrogen-bond acceptors (Lipinski definition) is 2. The Hall–Kier alpha value is -2.21. The topological polar surface area (TPSA) is 57.8 Å². The highest BCUT2D eigenvalue weighted by molar-refractivity contribution is 9.10. The highest BCUT2D eigenvalue weighted by Gasteiger charge is 2.11. The molecule has 4 nitrogen and oxygen atoms in total. The number of hydrogen-bond donors (Lipinski definition) is 2. The number of carbonyl (C=O) groups is 1. The minimum absolute atomic E-state index is 0.0350. The van der Waals surface area contributed by atoms with Crippen molar-refractivity contribution in [3.8, 4) is 0 Å². The number of rotatable bonds is 4. The second-order valence-electron chi connectivity index (χ2n) is 4.83. The second-order valence-corrected chi connectivity index (χ2v) is 5.75. The van der Waals surface area contributed by atoms with Crippen molar-refractivity contribution in [3.63, 3.8) is 0 Å². The molecule has 0 aliphatic rings. The van der Waals surface area contributed by atoms with Crippen molar-refractivity contribution in [2.24, 2.45) is 0 Å². The molecule has 1 amide bonds. The van der Waals surface area contributed by atoms with Gasteiger partial charge in [0.2, 0.25) is 0 Å². The summed E-state index contributed by atoms with van der Waals surface area (Å²) in [4.78, 5) is 19.6. The fourth-order valence-electron chi connectivity index (χ4n) is 2.19. The standard InChI is InChI=1S/C16H13BrFN3O/c17-10-5-6-11(12(18)9-10)16(22)19-8-7-15-20-13-3-1-2-4-14(13)21-15/h1-6,9H,7-8H2,(H,19,22)(H,20,21). The van der Waals surface area contributed by atoms with E-state index < -0.39 is 11.7 Å². The van der Waals surface area contributed by atoms with Gasteiger partial charge >= 0.3 is 0 Å². The molecule has 1 heterocycles. The summed E-state index contributed by atoms with van der Waals surface area (Å²) in [7, 11) is 0. The zero-order valence-corrected chi connectivity index (χ0v) is 13.2. The SMILES string of the molecule is O=C(NCCc1nc2ccccc2[nH]1)c1ccc(Br)cc1F. The maximum atomic E-state index is 13.7. The first-order valence-electron chi connectivity index (χ1n) is 6.80. The lowest BCUT2D eigenvalue weighted by Crippen LogP contribution is -2.26. The van der Waals surface area contributed by atoms with Crippen molar-refractivity contribution < 1.29 is 9.18 Å². The average molecular weight is 362 g/mol. The molecule has 0 aliphatic carbocycles. The first kappa shape index (κ1) is 14.7. The monoisotopic (exact) mass is 361 g/mol. The Morgan fingerprint density at radius 2 is 2.09 bits per heavy atom. The summed E-state index contributed by atoms with van der Waals surface area (Å²) in [5.74, 6) is -0.186. The molecule has 0 fully saturated rings. The highest BCUT2D eigenvalue weighted by Crippen LogP contribution is 2.15. The van der Waals surface area contributed by atoms with E-state index in [1.165, 1.54) is 12.1 Å². The van der Waals surface area contributed by atoms with E-state index in [2.05, 4.69) is 31.2 Å². The molecule has 1 aromatic heterocycles. The van der Waals surface area contributed by atoms with Crippen LogP contribution in [0.4, 0.5) is 4.39 Å². The summed E-state index contributed by atoms with van der Waals surface area (Å²) < 4.78 is 14.3. The van der Waals surface area contributed by atoms with Crippen LogP contribution >= 0.6 is 15.9 Å². The molecule has 0 bridgehead atoms. The van der Waals surface area contributed by atoms with E-state index in [4.69, 9.17) is 0 Å². The molecule has 2 N–H and O–H groups in total. The number of carbonyl (C=O) groups excluding carboxylic acids is 1. The molecule has 0 aliphatic heterocycles. The minimum atomic E-state index is -0.546.